The minimum atomic E-state index is -0.380. The van der Waals surface area contributed by atoms with Gasteiger partial charge < -0.3 is 21.3 Å². The molecule has 2 aliphatic heterocycles. The highest BCUT2D eigenvalue weighted by molar-refractivity contribution is 5.73. The number of piperidine rings is 2. The molecule has 0 radical (unpaired) electrons. The second-order valence-electron chi connectivity index (χ2n) is 6.19. The number of nitrogens with two attached hydrogens (primary N) is 2. The Balaban J connectivity index is 2.25. The molecule has 2 heterocycles. The van der Waals surface area contributed by atoms with E-state index in [1.54, 1.807) is 9.80 Å². The zero-order chi connectivity index (χ0) is 12.8. The minimum absolute atomic E-state index is 0.102. The summed E-state index contributed by atoms with van der Waals surface area (Å²) in [6, 6.07) is -0.760. The molecule has 4 amide bonds. The molecule has 2 fully saturated rings. The Hall–Kier alpha value is -1.46. The third kappa shape index (κ3) is 2.16. The van der Waals surface area contributed by atoms with Crippen LogP contribution in [0.15, 0.2) is 0 Å². The number of nitrogens with zero attached hydrogens (tertiary/aromatic N) is 2. The molecule has 0 spiro atoms. The van der Waals surface area contributed by atoms with Crippen molar-refractivity contribution in [3.8, 4) is 0 Å². The Labute approximate surface area is 101 Å². The average Bonchev–Trinajstić information content (AvgIpc) is 2.12. The van der Waals surface area contributed by atoms with Gasteiger partial charge in [0.2, 0.25) is 0 Å². The molecule has 0 saturated carbocycles. The van der Waals surface area contributed by atoms with Crippen LogP contribution in [0.1, 0.15) is 20.3 Å². The summed E-state index contributed by atoms with van der Waals surface area (Å²) >= 11 is 0. The highest BCUT2D eigenvalue weighted by atomic mass is 16.2. The van der Waals surface area contributed by atoms with Gasteiger partial charge >= 0.3 is 12.1 Å². The summed E-state index contributed by atoms with van der Waals surface area (Å²) in [5.41, 5.74) is 10.5. The molecule has 4 N–H and O–H groups in total. The van der Waals surface area contributed by atoms with E-state index in [0.29, 0.717) is 26.2 Å². The van der Waals surface area contributed by atoms with Gasteiger partial charge in [-0.3, -0.25) is 0 Å². The molecule has 2 saturated heterocycles. The number of carbonyl (C=O) groups is 2. The van der Waals surface area contributed by atoms with Crippen LogP contribution in [-0.2, 0) is 0 Å². The predicted molar refractivity (Wildman–Crippen MR) is 63.1 cm³/mol. The summed E-state index contributed by atoms with van der Waals surface area (Å²) in [4.78, 5) is 26.0. The van der Waals surface area contributed by atoms with Crippen LogP contribution < -0.4 is 11.5 Å². The monoisotopic (exact) mass is 240 g/mol. The van der Waals surface area contributed by atoms with Crippen LogP contribution in [0.3, 0.4) is 0 Å². The van der Waals surface area contributed by atoms with Gasteiger partial charge in [-0.15, -0.1) is 0 Å². The van der Waals surface area contributed by atoms with Crippen molar-refractivity contribution in [2.75, 3.05) is 26.2 Å². The fourth-order valence-corrected chi connectivity index (χ4v) is 3.62. The third-order valence-electron chi connectivity index (χ3n) is 3.77. The van der Waals surface area contributed by atoms with Crippen molar-refractivity contribution >= 4 is 12.1 Å². The molecule has 96 valence electrons. The SMILES string of the molecule is CC12CN(C(N)=O)CC(C)(CN(C(N)=O)C1)C2. The maximum atomic E-state index is 11.3. The molecule has 0 aliphatic carbocycles. The lowest BCUT2D eigenvalue weighted by molar-refractivity contribution is -0.0418. The number of primary amides is 2. The molecule has 0 aromatic carbocycles. The Morgan fingerprint density at radius 1 is 0.882 bits per heavy atom. The van der Waals surface area contributed by atoms with Crippen LogP contribution in [-0.4, -0.2) is 48.0 Å². The standard InChI is InChI=1S/C11H20N4O2/c1-10-3-11(2,6-14(4-10)8(12)16)7-15(5-10)9(13)17/h3-7H2,1-2H3,(H2,12,16)(H2,13,17). The van der Waals surface area contributed by atoms with Gasteiger partial charge in [0.25, 0.3) is 0 Å². The second kappa shape index (κ2) is 3.51. The van der Waals surface area contributed by atoms with Gasteiger partial charge in [0.15, 0.2) is 0 Å². The average molecular weight is 240 g/mol. The van der Waals surface area contributed by atoms with Gasteiger partial charge in [0.05, 0.1) is 0 Å². The van der Waals surface area contributed by atoms with Crippen molar-refractivity contribution in [3.05, 3.63) is 0 Å². The quantitative estimate of drug-likeness (QED) is 0.632. The first-order valence-electron chi connectivity index (χ1n) is 5.82. The minimum Gasteiger partial charge on any atom is -0.351 e. The van der Waals surface area contributed by atoms with Gasteiger partial charge in [-0.2, -0.15) is 0 Å². The van der Waals surface area contributed by atoms with Crippen molar-refractivity contribution in [1.29, 1.82) is 0 Å². The van der Waals surface area contributed by atoms with Gasteiger partial charge in [-0.05, 0) is 6.42 Å². The number of hydrogen-bond donors (Lipinski definition) is 2. The Bertz CT molecular complexity index is 322. The highest BCUT2D eigenvalue weighted by Crippen LogP contribution is 2.45. The number of amides is 4. The van der Waals surface area contributed by atoms with Crippen LogP contribution in [0, 0.1) is 10.8 Å². The molecule has 17 heavy (non-hydrogen) atoms. The van der Waals surface area contributed by atoms with E-state index in [2.05, 4.69) is 13.8 Å². The van der Waals surface area contributed by atoms with Crippen LogP contribution in [0.2, 0.25) is 0 Å². The summed E-state index contributed by atoms with van der Waals surface area (Å²) in [5, 5.41) is 0. The van der Waals surface area contributed by atoms with Crippen molar-refractivity contribution < 1.29 is 9.59 Å². The molecule has 0 unspecified atom stereocenters. The molecular weight excluding hydrogens is 220 g/mol. The van der Waals surface area contributed by atoms with Gasteiger partial charge in [-0.25, -0.2) is 9.59 Å². The first-order valence-corrected chi connectivity index (χ1v) is 5.82. The van der Waals surface area contributed by atoms with E-state index >= 15 is 0 Å². The van der Waals surface area contributed by atoms with Crippen molar-refractivity contribution in [2.45, 2.75) is 20.3 Å². The van der Waals surface area contributed by atoms with Crippen LogP contribution in [0.5, 0.6) is 0 Å². The van der Waals surface area contributed by atoms with Gasteiger partial charge in [0.1, 0.15) is 0 Å². The lowest BCUT2D eigenvalue weighted by atomic mass is 9.65. The summed E-state index contributed by atoms with van der Waals surface area (Å²) in [7, 11) is 0. The molecule has 6 heteroatoms. The van der Waals surface area contributed by atoms with E-state index in [-0.39, 0.29) is 22.9 Å². The lowest BCUT2D eigenvalue weighted by Crippen LogP contribution is -2.65. The second-order valence-corrected chi connectivity index (χ2v) is 6.19. The predicted octanol–water partition coefficient (Wildman–Crippen LogP) is 0.178. The van der Waals surface area contributed by atoms with E-state index in [4.69, 9.17) is 11.5 Å². The first-order chi connectivity index (χ1) is 7.73. The summed E-state index contributed by atoms with van der Waals surface area (Å²) in [6.07, 6.45) is 0.994. The fraction of sp³-hybridized carbons (Fsp3) is 0.818. The van der Waals surface area contributed by atoms with E-state index in [1.165, 1.54) is 0 Å². The molecule has 6 nitrogen and oxygen atoms in total. The maximum absolute atomic E-state index is 11.3. The summed E-state index contributed by atoms with van der Waals surface area (Å²) in [6.45, 7) is 6.55. The first kappa shape index (κ1) is 12.0. The maximum Gasteiger partial charge on any atom is 0.314 e. The molecule has 0 atom stereocenters. The molecular formula is C11H20N4O2. The topological polar surface area (TPSA) is 92.7 Å². The molecule has 2 aliphatic rings. The van der Waals surface area contributed by atoms with Gasteiger partial charge in [-0.1, -0.05) is 13.8 Å². The van der Waals surface area contributed by atoms with Crippen LogP contribution in [0.4, 0.5) is 9.59 Å². The Morgan fingerprint density at radius 2 is 1.18 bits per heavy atom. The van der Waals surface area contributed by atoms with Crippen molar-refractivity contribution in [2.24, 2.45) is 22.3 Å². The molecule has 2 rings (SSSR count). The highest BCUT2D eigenvalue weighted by Gasteiger charge is 2.49. The van der Waals surface area contributed by atoms with Gasteiger partial charge in [0, 0.05) is 37.0 Å². The number of likely N-dealkylation sites (tertiary alicyclic amines) is 2. The van der Waals surface area contributed by atoms with Crippen molar-refractivity contribution in [3.63, 3.8) is 0 Å². The van der Waals surface area contributed by atoms with Crippen molar-refractivity contribution in [1.82, 2.24) is 9.80 Å². The Kier molecular flexibility index (Phi) is 2.48. The Morgan fingerprint density at radius 3 is 1.41 bits per heavy atom. The van der Waals surface area contributed by atoms with E-state index in [0.717, 1.165) is 6.42 Å². The fourth-order valence-electron chi connectivity index (χ4n) is 3.62. The summed E-state index contributed by atoms with van der Waals surface area (Å²) in [5.74, 6) is 0. The zero-order valence-corrected chi connectivity index (χ0v) is 10.4. The smallest absolute Gasteiger partial charge is 0.314 e. The summed E-state index contributed by atoms with van der Waals surface area (Å²) < 4.78 is 0. The van der Waals surface area contributed by atoms with E-state index in [1.807, 2.05) is 0 Å². The van der Waals surface area contributed by atoms with E-state index < -0.39 is 0 Å². The molecule has 0 aromatic rings. The molecule has 0 aromatic heterocycles. The number of hydrogen-bond acceptors (Lipinski definition) is 2. The van der Waals surface area contributed by atoms with Crippen LogP contribution in [0.25, 0.3) is 0 Å². The number of rotatable bonds is 0. The largest absolute Gasteiger partial charge is 0.351 e. The molecule has 2 bridgehead atoms. The van der Waals surface area contributed by atoms with Crippen LogP contribution >= 0.6 is 0 Å². The third-order valence-corrected chi connectivity index (χ3v) is 3.77. The number of carbonyl (C=O) groups excluding carboxylic acids is 2. The normalized spacial score (nSPS) is 36.8. The van der Waals surface area contributed by atoms with E-state index in [9.17, 15) is 9.59 Å². The zero-order valence-electron chi connectivity index (χ0n) is 10.4. The lowest BCUT2D eigenvalue weighted by Gasteiger charge is -2.56. The number of urea groups is 2. The number of fused-ring (bicyclic) bond motifs is 2.